The van der Waals surface area contributed by atoms with E-state index in [-0.39, 0.29) is 16.3 Å². The van der Waals surface area contributed by atoms with Gasteiger partial charge in [0.05, 0.1) is 17.3 Å². The molecule has 1 aromatic carbocycles. The van der Waals surface area contributed by atoms with Crippen LogP contribution in [0.5, 0.6) is 0 Å². The van der Waals surface area contributed by atoms with Crippen molar-refractivity contribution in [3.8, 4) is 0 Å². The standard InChI is InChI=1S/C12H18N2O5S/c1-19-9-8-13-7-4-10-20(17,18)12-6-3-2-5-11(12)14(15)16/h2-3,5-6,13H,4,7-10H2,1H3. The molecule has 112 valence electrons. The average Bonchev–Trinajstić information content (AvgIpc) is 2.42. The van der Waals surface area contributed by atoms with Gasteiger partial charge in [-0.2, -0.15) is 0 Å². The third-order valence-corrected chi connectivity index (χ3v) is 4.49. The summed E-state index contributed by atoms with van der Waals surface area (Å²) in [6, 6.07) is 5.40. The zero-order valence-electron chi connectivity index (χ0n) is 11.2. The molecule has 0 aromatic heterocycles. The predicted molar refractivity (Wildman–Crippen MR) is 74.5 cm³/mol. The molecule has 0 aliphatic rings. The van der Waals surface area contributed by atoms with Gasteiger partial charge in [0.1, 0.15) is 4.90 Å². The first-order valence-electron chi connectivity index (χ1n) is 6.15. The average molecular weight is 302 g/mol. The molecule has 0 saturated carbocycles. The Morgan fingerprint density at radius 2 is 2.00 bits per heavy atom. The van der Waals surface area contributed by atoms with Crippen molar-refractivity contribution in [3.63, 3.8) is 0 Å². The molecule has 0 aliphatic heterocycles. The van der Waals surface area contributed by atoms with Crippen LogP contribution >= 0.6 is 0 Å². The molecule has 0 heterocycles. The van der Waals surface area contributed by atoms with E-state index >= 15 is 0 Å². The monoisotopic (exact) mass is 302 g/mol. The van der Waals surface area contributed by atoms with Crippen LogP contribution in [0.1, 0.15) is 6.42 Å². The van der Waals surface area contributed by atoms with E-state index in [4.69, 9.17) is 4.74 Å². The Morgan fingerprint density at radius 3 is 2.65 bits per heavy atom. The van der Waals surface area contributed by atoms with Gasteiger partial charge in [0.2, 0.25) is 0 Å². The first-order valence-corrected chi connectivity index (χ1v) is 7.80. The lowest BCUT2D eigenvalue weighted by atomic mass is 10.3. The molecule has 7 nitrogen and oxygen atoms in total. The smallest absolute Gasteiger partial charge is 0.287 e. The highest BCUT2D eigenvalue weighted by Gasteiger charge is 2.24. The Balaban J connectivity index is 2.63. The highest BCUT2D eigenvalue weighted by Crippen LogP contribution is 2.24. The van der Waals surface area contributed by atoms with Crippen LogP contribution in [0.15, 0.2) is 29.2 Å². The number of para-hydroxylation sites is 1. The van der Waals surface area contributed by atoms with Gasteiger partial charge in [0, 0.05) is 19.7 Å². The molecule has 1 aromatic rings. The van der Waals surface area contributed by atoms with E-state index in [0.717, 1.165) is 0 Å². The first-order chi connectivity index (χ1) is 9.49. The summed E-state index contributed by atoms with van der Waals surface area (Å²) in [7, 11) is -2.06. The van der Waals surface area contributed by atoms with Gasteiger partial charge in [-0.15, -0.1) is 0 Å². The van der Waals surface area contributed by atoms with E-state index in [9.17, 15) is 18.5 Å². The molecule has 0 atom stereocenters. The second kappa shape index (κ2) is 7.93. The number of sulfone groups is 1. The van der Waals surface area contributed by atoms with Crippen molar-refractivity contribution in [2.45, 2.75) is 11.3 Å². The molecule has 0 bridgehead atoms. The van der Waals surface area contributed by atoms with Crippen LogP contribution in [0, 0.1) is 10.1 Å². The number of nitro benzene ring substituents is 1. The van der Waals surface area contributed by atoms with Gasteiger partial charge in [-0.25, -0.2) is 8.42 Å². The van der Waals surface area contributed by atoms with Crippen LogP contribution in [0.4, 0.5) is 5.69 Å². The zero-order valence-corrected chi connectivity index (χ0v) is 12.1. The lowest BCUT2D eigenvalue weighted by Crippen LogP contribution is -2.22. The summed E-state index contributed by atoms with van der Waals surface area (Å²) >= 11 is 0. The van der Waals surface area contributed by atoms with E-state index in [1.807, 2.05) is 0 Å². The van der Waals surface area contributed by atoms with E-state index in [1.54, 1.807) is 7.11 Å². The topological polar surface area (TPSA) is 98.5 Å². The third-order valence-electron chi connectivity index (χ3n) is 2.65. The highest BCUT2D eigenvalue weighted by molar-refractivity contribution is 7.91. The van der Waals surface area contributed by atoms with Gasteiger partial charge < -0.3 is 10.1 Å². The van der Waals surface area contributed by atoms with Crippen molar-refractivity contribution < 1.29 is 18.1 Å². The Kier molecular flexibility index (Phi) is 6.56. The minimum absolute atomic E-state index is 0.127. The van der Waals surface area contributed by atoms with Crippen LogP contribution in [-0.4, -0.2) is 45.9 Å². The minimum Gasteiger partial charge on any atom is -0.383 e. The summed E-state index contributed by atoms with van der Waals surface area (Å²) in [5, 5.41) is 13.9. The number of hydrogen-bond donors (Lipinski definition) is 1. The fourth-order valence-electron chi connectivity index (χ4n) is 1.67. The maximum Gasteiger partial charge on any atom is 0.287 e. The highest BCUT2D eigenvalue weighted by atomic mass is 32.2. The molecule has 20 heavy (non-hydrogen) atoms. The quantitative estimate of drug-likeness (QED) is 0.415. The lowest BCUT2D eigenvalue weighted by Gasteiger charge is -2.06. The van der Waals surface area contributed by atoms with Crippen LogP contribution in [0.25, 0.3) is 0 Å². The Morgan fingerprint density at radius 1 is 1.30 bits per heavy atom. The summed E-state index contributed by atoms with van der Waals surface area (Å²) in [5.41, 5.74) is -0.375. The van der Waals surface area contributed by atoms with Gasteiger partial charge in [-0.3, -0.25) is 10.1 Å². The van der Waals surface area contributed by atoms with Crippen LogP contribution in [0.3, 0.4) is 0 Å². The lowest BCUT2D eigenvalue weighted by molar-refractivity contribution is -0.387. The molecular formula is C12H18N2O5S. The van der Waals surface area contributed by atoms with Gasteiger partial charge >= 0.3 is 0 Å². The normalized spacial score (nSPS) is 11.4. The summed E-state index contributed by atoms with van der Waals surface area (Å²) in [5.74, 6) is -0.127. The number of rotatable bonds is 9. The number of ether oxygens (including phenoxy) is 1. The molecule has 0 spiro atoms. The first kappa shape index (κ1) is 16.5. The van der Waals surface area contributed by atoms with E-state index in [2.05, 4.69) is 5.32 Å². The maximum atomic E-state index is 12.1. The Bertz CT molecular complexity index is 545. The minimum atomic E-state index is -3.64. The molecule has 0 amide bonds. The molecule has 8 heteroatoms. The van der Waals surface area contributed by atoms with Crippen molar-refractivity contribution in [3.05, 3.63) is 34.4 Å². The fraction of sp³-hybridized carbons (Fsp3) is 0.500. The second-order valence-electron chi connectivity index (χ2n) is 4.14. The molecule has 1 N–H and O–H groups in total. The van der Waals surface area contributed by atoms with Crippen molar-refractivity contribution in [1.29, 1.82) is 0 Å². The van der Waals surface area contributed by atoms with Crippen molar-refractivity contribution in [2.24, 2.45) is 0 Å². The molecule has 0 fully saturated rings. The largest absolute Gasteiger partial charge is 0.383 e. The van der Waals surface area contributed by atoms with Gasteiger partial charge in [0.25, 0.3) is 5.69 Å². The number of hydrogen-bond acceptors (Lipinski definition) is 6. The van der Waals surface area contributed by atoms with Crippen molar-refractivity contribution in [2.75, 3.05) is 32.6 Å². The maximum absolute atomic E-state index is 12.1. The van der Waals surface area contributed by atoms with Gasteiger partial charge in [0.15, 0.2) is 9.84 Å². The number of nitrogens with one attached hydrogen (secondary N) is 1. The summed E-state index contributed by atoms with van der Waals surface area (Å²) in [6.45, 7) is 1.71. The van der Waals surface area contributed by atoms with E-state index in [1.165, 1.54) is 24.3 Å². The van der Waals surface area contributed by atoms with Crippen LogP contribution in [-0.2, 0) is 14.6 Å². The number of methoxy groups -OCH3 is 1. The van der Waals surface area contributed by atoms with Crippen LogP contribution < -0.4 is 5.32 Å². The SMILES string of the molecule is COCCNCCCS(=O)(=O)c1ccccc1[N+](=O)[O-]. The molecule has 0 saturated heterocycles. The van der Waals surface area contributed by atoms with E-state index < -0.39 is 14.8 Å². The number of nitrogens with zero attached hydrogens (tertiary/aromatic N) is 1. The van der Waals surface area contributed by atoms with E-state index in [0.29, 0.717) is 26.1 Å². The molecule has 1 rings (SSSR count). The van der Waals surface area contributed by atoms with Crippen molar-refractivity contribution in [1.82, 2.24) is 5.32 Å². The second-order valence-corrected chi connectivity index (χ2v) is 6.22. The van der Waals surface area contributed by atoms with Crippen LogP contribution in [0.2, 0.25) is 0 Å². The molecule has 0 radical (unpaired) electrons. The summed E-state index contributed by atoms with van der Waals surface area (Å²) < 4.78 is 29.0. The number of benzene rings is 1. The zero-order chi connectivity index (χ0) is 15.0. The molecule has 0 unspecified atom stereocenters. The Hall–Kier alpha value is -1.51. The Labute approximate surface area is 118 Å². The fourth-order valence-corrected chi connectivity index (χ4v) is 3.16. The third kappa shape index (κ3) is 4.87. The molecular weight excluding hydrogens is 284 g/mol. The molecule has 0 aliphatic carbocycles. The van der Waals surface area contributed by atoms with Gasteiger partial charge in [-0.1, -0.05) is 12.1 Å². The summed E-state index contributed by atoms with van der Waals surface area (Å²) in [4.78, 5) is 9.93. The van der Waals surface area contributed by atoms with Gasteiger partial charge in [-0.05, 0) is 19.0 Å². The predicted octanol–water partition coefficient (Wildman–Crippen LogP) is 0.995. The number of nitro groups is 1. The van der Waals surface area contributed by atoms with Crippen molar-refractivity contribution >= 4 is 15.5 Å². The summed E-state index contributed by atoms with van der Waals surface area (Å²) in [6.07, 6.45) is 0.387.